The zero-order chi connectivity index (χ0) is 22.0. The van der Waals surface area contributed by atoms with Crippen LogP contribution in [0, 0.1) is 11.8 Å². The van der Waals surface area contributed by atoms with E-state index in [1.54, 1.807) is 7.11 Å². The predicted molar refractivity (Wildman–Crippen MR) is 121 cm³/mol. The molecule has 2 aromatic carbocycles. The molecule has 0 unspecified atom stereocenters. The average molecular weight is 409 g/mol. The number of aliphatic hydroxyl groups is 2. The number of benzene rings is 2. The van der Waals surface area contributed by atoms with Gasteiger partial charge in [0.1, 0.15) is 18.0 Å². The van der Waals surface area contributed by atoms with E-state index in [9.17, 15) is 10.2 Å². The second kappa shape index (κ2) is 11.6. The molecule has 0 aliphatic heterocycles. The first-order valence-electron chi connectivity index (χ1n) is 10.3. The molecular weight excluding hydrogens is 376 g/mol. The largest absolute Gasteiger partial charge is 0.489 e. The van der Waals surface area contributed by atoms with Gasteiger partial charge in [0.25, 0.3) is 0 Å². The molecule has 160 valence electrons. The number of aliphatic hydroxyl groups excluding tert-OH is 1. The van der Waals surface area contributed by atoms with Crippen molar-refractivity contribution in [3.63, 3.8) is 0 Å². The fourth-order valence-corrected chi connectivity index (χ4v) is 3.00. The molecule has 0 heterocycles. The van der Waals surface area contributed by atoms with Gasteiger partial charge in [-0.25, -0.2) is 0 Å². The maximum absolute atomic E-state index is 10.3. The van der Waals surface area contributed by atoms with Gasteiger partial charge in [0.15, 0.2) is 0 Å². The van der Waals surface area contributed by atoms with Crippen LogP contribution in [0.4, 0.5) is 0 Å². The molecule has 0 radical (unpaired) electrons. The molecule has 0 aromatic heterocycles. The molecule has 0 fully saturated rings. The normalized spacial score (nSPS) is 11.7. The third kappa shape index (κ3) is 6.74. The summed E-state index contributed by atoms with van der Waals surface area (Å²) in [6, 6.07) is 13.7. The number of hydrogen-bond donors (Lipinski definition) is 2. The van der Waals surface area contributed by atoms with E-state index < -0.39 is 5.60 Å². The highest BCUT2D eigenvalue weighted by Crippen LogP contribution is 2.22. The topological polar surface area (TPSA) is 58.9 Å². The number of methoxy groups -OCH3 is 1. The Morgan fingerprint density at radius 1 is 1.07 bits per heavy atom. The van der Waals surface area contributed by atoms with Crippen molar-refractivity contribution in [1.82, 2.24) is 0 Å². The summed E-state index contributed by atoms with van der Waals surface area (Å²) in [6.07, 6.45) is 3.05. The molecular formula is C26H32O4. The first kappa shape index (κ1) is 23.7. The highest BCUT2D eigenvalue weighted by Gasteiger charge is 2.17. The van der Waals surface area contributed by atoms with E-state index in [0.717, 1.165) is 33.6 Å². The number of allylic oxidation sites excluding steroid dienone is 2. The Balaban J connectivity index is 2.09. The lowest BCUT2D eigenvalue weighted by atomic mass is 9.98. The third-order valence-electron chi connectivity index (χ3n) is 5.20. The maximum atomic E-state index is 10.3. The molecule has 0 saturated heterocycles. The molecule has 0 atom stereocenters. The minimum atomic E-state index is -0.923. The van der Waals surface area contributed by atoms with Crippen molar-refractivity contribution >= 4 is 5.57 Å². The fraction of sp³-hybridized carbons (Fsp3) is 0.385. The van der Waals surface area contributed by atoms with Gasteiger partial charge in [0.2, 0.25) is 0 Å². The first-order valence-corrected chi connectivity index (χ1v) is 10.3. The Bertz CT molecular complexity index is 914. The van der Waals surface area contributed by atoms with E-state index >= 15 is 0 Å². The van der Waals surface area contributed by atoms with Crippen molar-refractivity contribution in [3.8, 4) is 17.6 Å². The summed E-state index contributed by atoms with van der Waals surface area (Å²) in [4.78, 5) is 0. The lowest BCUT2D eigenvalue weighted by Crippen LogP contribution is -2.23. The van der Waals surface area contributed by atoms with Crippen molar-refractivity contribution in [2.45, 2.75) is 59.0 Å². The molecule has 0 aliphatic carbocycles. The highest BCUT2D eigenvalue weighted by atomic mass is 16.5. The van der Waals surface area contributed by atoms with Crippen LogP contribution in [-0.4, -0.2) is 22.9 Å². The molecule has 4 nitrogen and oxygen atoms in total. The number of hydrogen-bond acceptors (Lipinski definition) is 4. The molecule has 0 saturated carbocycles. The van der Waals surface area contributed by atoms with Gasteiger partial charge in [0, 0.05) is 7.11 Å². The van der Waals surface area contributed by atoms with Crippen molar-refractivity contribution in [3.05, 3.63) is 70.8 Å². The molecule has 0 amide bonds. The maximum Gasteiger partial charge on any atom is 0.125 e. The van der Waals surface area contributed by atoms with Gasteiger partial charge in [-0.05, 0) is 71.9 Å². The molecule has 4 heteroatoms. The van der Waals surface area contributed by atoms with Crippen molar-refractivity contribution in [2.24, 2.45) is 0 Å². The smallest absolute Gasteiger partial charge is 0.125 e. The van der Waals surface area contributed by atoms with E-state index in [4.69, 9.17) is 9.47 Å². The van der Waals surface area contributed by atoms with Gasteiger partial charge in [0.05, 0.1) is 13.2 Å². The molecule has 0 bridgehead atoms. The third-order valence-corrected chi connectivity index (χ3v) is 5.20. The second-order valence-corrected chi connectivity index (χ2v) is 7.35. The Morgan fingerprint density at radius 2 is 1.83 bits per heavy atom. The Labute approximate surface area is 180 Å². The Morgan fingerprint density at radius 3 is 2.50 bits per heavy atom. The van der Waals surface area contributed by atoms with E-state index in [0.29, 0.717) is 26.1 Å². The molecule has 2 N–H and O–H groups in total. The van der Waals surface area contributed by atoms with Gasteiger partial charge in [-0.1, -0.05) is 50.0 Å². The standard InChI is InChI=1S/C26H32O4/c1-5-26(28,6-2)14-8-9-20(3)22-10-7-11-25(16-22)30-18-21-12-13-23(19-29-4)24(15-21)17-27/h7,9-13,15-16,27-28H,5-6,17-19H2,1-4H3/b20-9+. The SMILES string of the molecule is CCC(O)(C#C/C=C(\C)c1cccc(OCc2ccc(COC)c(CO)c2)c1)CC. The van der Waals surface area contributed by atoms with Gasteiger partial charge in [-0.15, -0.1) is 0 Å². The van der Waals surface area contributed by atoms with E-state index in [2.05, 4.69) is 11.8 Å². The quantitative estimate of drug-likeness (QED) is 0.582. The fourth-order valence-electron chi connectivity index (χ4n) is 3.00. The summed E-state index contributed by atoms with van der Waals surface area (Å²) in [5.74, 6) is 6.71. The predicted octanol–water partition coefficient (Wildman–Crippen LogP) is 4.86. The minimum absolute atomic E-state index is 0.0295. The van der Waals surface area contributed by atoms with Crippen molar-refractivity contribution < 1.29 is 19.7 Å². The van der Waals surface area contributed by atoms with Crippen LogP contribution in [-0.2, 0) is 24.6 Å². The minimum Gasteiger partial charge on any atom is -0.489 e. The van der Waals surface area contributed by atoms with Crippen LogP contribution >= 0.6 is 0 Å². The van der Waals surface area contributed by atoms with Crippen molar-refractivity contribution in [1.29, 1.82) is 0 Å². The average Bonchev–Trinajstić information content (AvgIpc) is 2.78. The molecule has 0 aliphatic rings. The monoisotopic (exact) mass is 408 g/mol. The Hall–Kier alpha value is -2.58. The summed E-state index contributed by atoms with van der Waals surface area (Å²) < 4.78 is 11.1. The molecule has 0 spiro atoms. The summed E-state index contributed by atoms with van der Waals surface area (Å²) in [7, 11) is 1.64. The summed E-state index contributed by atoms with van der Waals surface area (Å²) in [6.45, 7) is 6.72. The first-order chi connectivity index (χ1) is 14.4. The lowest BCUT2D eigenvalue weighted by Gasteiger charge is -2.16. The van der Waals surface area contributed by atoms with E-state index in [-0.39, 0.29) is 6.61 Å². The zero-order valence-electron chi connectivity index (χ0n) is 18.4. The van der Waals surface area contributed by atoms with Crippen LogP contribution in [0.1, 0.15) is 55.9 Å². The van der Waals surface area contributed by atoms with Gasteiger partial charge >= 0.3 is 0 Å². The van der Waals surface area contributed by atoms with Crippen LogP contribution in [0.2, 0.25) is 0 Å². The van der Waals surface area contributed by atoms with Crippen LogP contribution in [0.3, 0.4) is 0 Å². The van der Waals surface area contributed by atoms with E-state index in [1.807, 2.05) is 69.3 Å². The molecule has 30 heavy (non-hydrogen) atoms. The second-order valence-electron chi connectivity index (χ2n) is 7.35. The summed E-state index contributed by atoms with van der Waals surface area (Å²) in [5.41, 5.74) is 3.92. The lowest BCUT2D eigenvalue weighted by molar-refractivity contribution is 0.0931. The van der Waals surface area contributed by atoms with Crippen LogP contribution in [0.25, 0.3) is 5.57 Å². The van der Waals surface area contributed by atoms with Crippen LogP contribution in [0.15, 0.2) is 48.5 Å². The van der Waals surface area contributed by atoms with Gasteiger partial charge in [-0.2, -0.15) is 0 Å². The number of ether oxygens (including phenoxy) is 2. The summed E-state index contributed by atoms with van der Waals surface area (Å²) in [5, 5.41) is 19.8. The van der Waals surface area contributed by atoms with Crippen LogP contribution in [0.5, 0.6) is 5.75 Å². The highest BCUT2D eigenvalue weighted by molar-refractivity contribution is 5.67. The van der Waals surface area contributed by atoms with Crippen LogP contribution < -0.4 is 4.74 Å². The number of rotatable bonds is 9. The van der Waals surface area contributed by atoms with Gasteiger partial charge < -0.3 is 19.7 Å². The molecule has 2 aromatic rings. The van der Waals surface area contributed by atoms with Gasteiger partial charge in [-0.3, -0.25) is 0 Å². The summed E-state index contributed by atoms with van der Waals surface area (Å²) >= 11 is 0. The van der Waals surface area contributed by atoms with E-state index in [1.165, 1.54) is 0 Å². The van der Waals surface area contributed by atoms with Crippen molar-refractivity contribution in [2.75, 3.05) is 7.11 Å². The molecule has 2 rings (SSSR count). The zero-order valence-corrected chi connectivity index (χ0v) is 18.4. The Kier molecular flexibility index (Phi) is 9.14.